The van der Waals surface area contributed by atoms with E-state index >= 15 is 0 Å². The van der Waals surface area contributed by atoms with Crippen LogP contribution in [0, 0.1) is 5.92 Å². The molecule has 1 aromatic heterocycles. The fourth-order valence-corrected chi connectivity index (χ4v) is 4.97. The molecule has 1 saturated carbocycles. The Morgan fingerprint density at radius 1 is 1.03 bits per heavy atom. The Hall–Kier alpha value is -2.51. The van der Waals surface area contributed by atoms with Gasteiger partial charge in [-0.3, -0.25) is 20.0 Å². The second kappa shape index (κ2) is 7.72. The number of nitrogens with one attached hydrogen (secondary N) is 2. The van der Waals surface area contributed by atoms with Crippen molar-refractivity contribution < 1.29 is 9.59 Å². The fourth-order valence-electron chi connectivity index (χ4n) is 4.97. The minimum Gasteiger partial charge on any atom is -0.314 e. The van der Waals surface area contributed by atoms with Crippen molar-refractivity contribution in [2.24, 2.45) is 5.92 Å². The Morgan fingerprint density at radius 3 is 2.66 bits per heavy atom. The summed E-state index contributed by atoms with van der Waals surface area (Å²) in [6.07, 6.45) is 6.40. The summed E-state index contributed by atoms with van der Waals surface area (Å²) >= 11 is 0. The van der Waals surface area contributed by atoms with Gasteiger partial charge in [0.15, 0.2) is 0 Å². The van der Waals surface area contributed by atoms with Gasteiger partial charge in [0.25, 0.3) is 0 Å². The van der Waals surface area contributed by atoms with Gasteiger partial charge in [-0.15, -0.1) is 0 Å². The Labute approximate surface area is 170 Å². The van der Waals surface area contributed by atoms with Crippen molar-refractivity contribution in [1.82, 2.24) is 20.5 Å². The van der Waals surface area contributed by atoms with Gasteiger partial charge in [-0.2, -0.15) is 0 Å². The molecule has 1 aromatic carbocycles. The second-order valence-electron chi connectivity index (χ2n) is 8.44. The number of imide groups is 1. The van der Waals surface area contributed by atoms with Crippen LogP contribution in [-0.4, -0.2) is 61.1 Å². The van der Waals surface area contributed by atoms with Crippen LogP contribution in [-0.2, 0) is 4.79 Å². The maximum atomic E-state index is 12.3. The molecule has 2 saturated heterocycles. The molecule has 3 aliphatic rings. The molecule has 2 aromatic rings. The minimum atomic E-state index is -0.360. The molecule has 5 rings (SSSR count). The number of piperazine rings is 1. The highest BCUT2D eigenvalue weighted by atomic mass is 16.2. The van der Waals surface area contributed by atoms with Crippen LogP contribution in [0.2, 0.25) is 0 Å². The first-order valence-electron chi connectivity index (χ1n) is 10.6. The highest BCUT2D eigenvalue weighted by Crippen LogP contribution is 2.45. The number of carbonyl (C=O) groups excluding carboxylic acids is 2. The van der Waals surface area contributed by atoms with E-state index in [9.17, 15) is 9.59 Å². The third-order valence-corrected chi connectivity index (χ3v) is 6.56. The van der Waals surface area contributed by atoms with Crippen LogP contribution in [0.4, 0.5) is 10.5 Å². The summed E-state index contributed by atoms with van der Waals surface area (Å²) in [7, 11) is 0. The third-order valence-electron chi connectivity index (χ3n) is 6.56. The third kappa shape index (κ3) is 3.60. The summed E-state index contributed by atoms with van der Waals surface area (Å²) < 4.78 is 0. The molecule has 1 aliphatic carbocycles. The van der Waals surface area contributed by atoms with Gasteiger partial charge in [0.1, 0.15) is 0 Å². The molecule has 3 fully saturated rings. The lowest BCUT2D eigenvalue weighted by molar-refractivity contribution is -0.120. The predicted octanol–water partition coefficient (Wildman–Crippen LogP) is 2.08. The molecule has 0 radical (unpaired) electrons. The molecular weight excluding hydrogens is 366 g/mol. The predicted molar refractivity (Wildman–Crippen MR) is 112 cm³/mol. The number of aromatic nitrogens is 1. The molecule has 0 atom stereocenters. The summed E-state index contributed by atoms with van der Waals surface area (Å²) in [4.78, 5) is 32.5. The van der Waals surface area contributed by atoms with E-state index < -0.39 is 0 Å². The largest absolute Gasteiger partial charge is 0.328 e. The first-order valence-corrected chi connectivity index (χ1v) is 10.6. The topological polar surface area (TPSA) is 77.6 Å². The lowest BCUT2D eigenvalue weighted by Crippen LogP contribution is -2.49. The quantitative estimate of drug-likeness (QED) is 0.832. The van der Waals surface area contributed by atoms with Gasteiger partial charge >= 0.3 is 6.03 Å². The fraction of sp³-hybridized carbons (Fsp3) is 0.500. The molecule has 0 spiro atoms. The van der Waals surface area contributed by atoms with Crippen molar-refractivity contribution in [1.29, 1.82) is 0 Å². The average Bonchev–Trinajstić information content (AvgIpc) is 2.71. The van der Waals surface area contributed by atoms with Gasteiger partial charge in [0.05, 0.1) is 11.9 Å². The van der Waals surface area contributed by atoms with Crippen LogP contribution < -0.4 is 15.5 Å². The van der Waals surface area contributed by atoms with Crippen molar-refractivity contribution in [2.45, 2.75) is 25.2 Å². The van der Waals surface area contributed by atoms with Crippen molar-refractivity contribution in [3.8, 4) is 0 Å². The zero-order valence-corrected chi connectivity index (χ0v) is 16.6. The van der Waals surface area contributed by atoms with E-state index in [0.29, 0.717) is 18.9 Å². The highest BCUT2D eigenvalue weighted by molar-refractivity contribution is 6.10. The van der Waals surface area contributed by atoms with Gasteiger partial charge < -0.3 is 10.2 Å². The van der Waals surface area contributed by atoms with Crippen molar-refractivity contribution >= 4 is 28.4 Å². The first-order chi connectivity index (χ1) is 14.2. The maximum Gasteiger partial charge on any atom is 0.328 e. The van der Waals surface area contributed by atoms with Crippen LogP contribution in [0.5, 0.6) is 0 Å². The number of amides is 3. The summed E-state index contributed by atoms with van der Waals surface area (Å²) in [6, 6.07) is 5.98. The Morgan fingerprint density at radius 2 is 1.86 bits per heavy atom. The zero-order valence-electron chi connectivity index (χ0n) is 16.6. The Balaban J connectivity index is 1.35. The van der Waals surface area contributed by atoms with Crippen LogP contribution in [0.3, 0.4) is 0 Å². The van der Waals surface area contributed by atoms with Gasteiger partial charge in [-0.25, -0.2) is 4.79 Å². The van der Waals surface area contributed by atoms with E-state index in [0.717, 1.165) is 48.6 Å². The summed E-state index contributed by atoms with van der Waals surface area (Å²) in [5.74, 6) is 1.11. The molecule has 3 heterocycles. The van der Waals surface area contributed by atoms with Gasteiger partial charge in [-0.1, -0.05) is 18.2 Å². The highest BCUT2D eigenvalue weighted by Gasteiger charge is 2.33. The number of rotatable bonds is 4. The monoisotopic (exact) mass is 393 g/mol. The number of benzene rings is 1. The number of hydrogen-bond acceptors (Lipinski definition) is 5. The van der Waals surface area contributed by atoms with Gasteiger partial charge in [0.2, 0.25) is 5.91 Å². The van der Waals surface area contributed by atoms with E-state index in [1.807, 2.05) is 6.20 Å². The second-order valence-corrected chi connectivity index (χ2v) is 8.44. The van der Waals surface area contributed by atoms with Crippen LogP contribution >= 0.6 is 0 Å². The molecular formula is C22H27N5O2. The van der Waals surface area contributed by atoms with E-state index in [1.165, 1.54) is 24.9 Å². The van der Waals surface area contributed by atoms with E-state index in [4.69, 9.17) is 0 Å². The molecule has 7 nitrogen and oxygen atoms in total. The molecule has 0 bridgehead atoms. The standard InChI is InChI=1S/C22H27N5O2/c28-21-4-7-27(22(29)25-21)20-13-24-12-19-17(2-1-3-18(19)20)16-10-15(11-16)14-26-8-5-23-6-9-26/h1-3,12-13,15-16,23H,4-11,14H2,(H,25,28,29). The lowest BCUT2D eigenvalue weighted by atomic mass is 9.70. The van der Waals surface area contributed by atoms with Gasteiger partial charge in [0, 0.05) is 62.7 Å². The number of hydrogen-bond donors (Lipinski definition) is 2. The molecule has 3 amide bonds. The van der Waals surface area contributed by atoms with E-state index in [2.05, 4.69) is 38.7 Å². The van der Waals surface area contributed by atoms with Crippen LogP contribution in [0.15, 0.2) is 30.6 Å². The minimum absolute atomic E-state index is 0.217. The SMILES string of the molecule is O=C1CCN(c2cncc3c(C4CC(CN5CCNCC5)C4)cccc23)C(=O)N1. The number of carbonyl (C=O) groups is 2. The number of pyridine rings is 1. The van der Waals surface area contributed by atoms with Gasteiger partial charge in [-0.05, 0) is 30.2 Å². The smallest absolute Gasteiger partial charge is 0.314 e. The van der Waals surface area contributed by atoms with Crippen molar-refractivity contribution in [3.63, 3.8) is 0 Å². The average molecular weight is 393 g/mol. The van der Waals surface area contributed by atoms with Crippen molar-refractivity contribution in [3.05, 3.63) is 36.2 Å². The van der Waals surface area contributed by atoms with Crippen LogP contribution in [0.25, 0.3) is 10.8 Å². The molecule has 2 N–H and O–H groups in total. The summed E-state index contributed by atoms with van der Waals surface area (Å²) in [5.41, 5.74) is 2.12. The molecule has 29 heavy (non-hydrogen) atoms. The number of nitrogens with zero attached hydrogens (tertiary/aromatic N) is 3. The Kier molecular flexibility index (Phi) is 4.93. The lowest BCUT2D eigenvalue weighted by Gasteiger charge is -2.40. The number of anilines is 1. The zero-order chi connectivity index (χ0) is 19.8. The van der Waals surface area contributed by atoms with Crippen LogP contribution in [0.1, 0.15) is 30.7 Å². The maximum absolute atomic E-state index is 12.3. The van der Waals surface area contributed by atoms with E-state index in [-0.39, 0.29) is 11.9 Å². The molecule has 2 aliphatic heterocycles. The molecule has 7 heteroatoms. The Bertz CT molecular complexity index is 934. The summed E-state index contributed by atoms with van der Waals surface area (Å²) in [5, 5.41) is 7.98. The number of urea groups is 1. The van der Waals surface area contributed by atoms with Crippen molar-refractivity contribution in [2.75, 3.05) is 44.2 Å². The van der Waals surface area contributed by atoms with E-state index in [1.54, 1.807) is 11.1 Å². The molecule has 152 valence electrons. The first kappa shape index (κ1) is 18.5. The summed E-state index contributed by atoms with van der Waals surface area (Å²) in [6.45, 7) is 6.11. The normalized spacial score (nSPS) is 25.7. The number of fused-ring (bicyclic) bond motifs is 1. The molecule has 0 unspecified atom stereocenters.